The van der Waals surface area contributed by atoms with Crippen LogP contribution in [-0.2, 0) is 4.74 Å². The number of ether oxygens (including phenoxy) is 1. The maximum atomic E-state index is 12.1. The average Bonchev–Trinajstić information content (AvgIpc) is 2.81. The van der Waals surface area contributed by atoms with Gasteiger partial charge in [-0.3, -0.25) is 4.79 Å². The van der Waals surface area contributed by atoms with Gasteiger partial charge in [0.15, 0.2) is 10.3 Å². The zero-order valence-electron chi connectivity index (χ0n) is 11.3. The molecule has 1 N–H and O–H groups in total. The number of nitrogens with zero attached hydrogens (tertiary/aromatic N) is 2. The van der Waals surface area contributed by atoms with Crippen molar-refractivity contribution < 1.29 is 4.74 Å². The van der Waals surface area contributed by atoms with Crippen molar-refractivity contribution in [3.8, 4) is 10.7 Å². The van der Waals surface area contributed by atoms with Crippen LogP contribution in [0.25, 0.3) is 10.7 Å². The van der Waals surface area contributed by atoms with E-state index in [2.05, 4.69) is 15.0 Å². The van der Waals surface area contributed by atoms with Crippen molar-refractivity contribution in [2.45, 2.75) is 25.7 Å². The van der Waals surface area contributed by atoms with E-state index in [-0.39, 0.29) is 16.5 Å². The van der Waals surface area contributed by atoms with Crippen LogP contribution < -0.4 is 5.56 Å². The summed E-state index contributed by atoms with van der Waals surface area (Å²) in [5.74, 6) is 0.629. The van der Waals surface area contributed by atoms with Gasteiger partial charge in [0.2, 0.25) is 0 Å². The Hall–Kier alpha value is -0.950. The molecule has 2 aromatic heterocycles. The van der Waals surface area contributed by atoms with Gasteiger partial charge < -0.3 is 9.72 Å². The van der Waals surface area contributed by atoms with Gasteiger partial charge >= 0.3 is 0 Å². The predicted molar refractivity (Wildman–Crippen MR) is 83.5 cm³/mol. The van der Waals surface area contributed by atoms with Crippen LogP contribution in [-0.4, -0.2) is 28.2 Å². The minimum absolute atomic E-state index is 0.149. The number of hydrogen-bond donors (Lipinski definition) is 1. The molecule has 5 nitrogen and oxygen atoms in total. The van der Waals surface area contributed by atoms with Crippen LogP contribution in [0.15, 0.2) is 4.79 Å². The lowest BCUT2D eigenvalue weighted by molar-refractivity contribution is 0.0845. The second-order valence-electron chi connectivity index (χ2n) is 4.88. The Labute approximate surface area is 135 Å². The molecule has 3 rings (SSSR count). The van der Waals surface area contributed by atoms with Gasteiger partial charge in [0.25, 0.3) is 5.56 Å². The van der Waals surface area contributed by atoms with E-state index in [1.165, 1.54) is 11.3 Å². The molecule has 21 heavy (non-hydrogen) atoms. The van der Waals surface area contributed by atoms with Crippen LogP contribution in [0.1, 0.15) is 30.1 Å². The molecule has 1 fully saturated rings. The summed E-state index contributed by atoms with van der Waals surface area (Å²) < 4.78 is 5.77. The van der Waals surface area contributed by atoms with Crippen LogP contribution in [0.2, 0.25) is 9.49 Å². The first-order valence-electron chi connectivity index (χ1n) is 6.57. The molecule has 0 aromatic carbocycles. The summed E-state index contributed by atoms with van der Waals surface area (Å²) in [5, 5.41) is 0.166. The highest BCUT2D eigenvalue weighted by Gasteiger charge is 2.23. The van der Waals surface area contributed by atoms with E-state index in [4.69, 9.17) is 27.9 Å². The fourth-order valence-corrected chi connectivity index (χ4v) is 3.75. The molecule has 0 amide bonds. The van der Waals surface area contributed by atoms with Gasteiger partial charge in [0.1, 0.15) is 5.02 Å². The molecular weight excluding hydrogens is 333 g/mol. The highest BCUT2D eigenvalue weighted by molar-refractivity contribution is 7.19. The zero-order chi connectivity index (χ0) is 15.0. The Morgan fingerprint density at radius 1 is 1.29 bits per heavy atom. The Morgan fingerprint density at radius 2 is 2.00 bits per heavy atom. The minimum atomic E-state index is -0.327. The number of halogens is 2. The molecule has 0 atom stereocenters. The van der Waals surface area contributed by atoms with E-state index in [1.54, 1.807) is 0 Å². The molecule has 1 aliphatic rings. The van der Waals surface area contributed by atoms with Crippen LogP contribution in [0.4, 0.5) is 0 Å². The minimum Gasteiger partial charge on any atom is -0.381 e. The molecule has 0 aliphatic carbocycles. The molecule has 0 bridgehead atoms. The summed E-state index contributed by atoms with van der Waals surface area (Å²) in [6, 6.07) is 0. The highest BCUT2D eigenvalue weighted by Crippen LogP contribution is 2.33. The van der Waals surface area contributed by atoms with Gasteiger partial charge in [-0.25, -0.2) is 9.97 Å². The van der Waals surface area contributed by atoms with E-state index < -0.39 is 0 Å². The number of aryl methyl sites for hydroxylation is 1. The maximum absolute atomic E-state index is 12.1. The van der Waals surface area contributed by atoms with Gasteiger partial charge in [0.05, 0.1) is 16.3 Å². The normalized spacial score (nSPS) is 16.3. The molecule has 112 valence electrons. The molecule has 2 aromatic rings. The standard InChI is InChI=1S/C13H13Cl2N3O2S/c1-6-10(21-13(15)16-6)11-17-9(8(14)12(19)18-11)7-2-4-20-5-3-7/h7H,2-5H2,1H3,(H,17,18,19). The number of aromatic amines is 1. The summed E-state index contributed by atoms with van der Waals surface area (Å²) in [5.41, 5.74) is 1.06. The molecular formula is C13H13Cl2N3O2S. The number of aromatic nitrogens is 3. The third-order valence-electron chi connectivity index (χ3n) is 3.48. The Bertz CT molecular complexity index is 723. The van der Waals surface area contributed by atoms with Gasteiger partial charge in [0, 0.05) is 19.1 Å². The predicted octanol–water partition coefficient (Wildman–Crippen LogP) is 3.40. The van der Waals surface area contributed by atoms with Gasteiger partial charge in [-0.15, -0.1) is 0 Å². The molecule has 3 heterocycles. The summed E-state index contributed by atoms with van der Waals surface area (Å²) in [7, 11) is 0. The van der Waals surface area contributed by atoms with Gasteiger partial charge in [-0.1, -0.05) is 34.5 Å². The highest BCUT2D eigenvalue weighted by atomic mass is 35.5. The first kappa shape index (κ1) is 15.0. The number of thiazole rings is 1. The van der Waals surface area contributed by atoms with E-state index in [0.717, 1.165) is 23.4 Å². The second kappa shape index (κ2) is 6.04. The molecule has 0 spiro atoms. The molecule has 1 saturated heterocycles. The quantitative estimate of drug-likeness (QED) is 0.905. The first-order chi connectivity index (χ1) is 10.1. The van der Waals surface area contributed by atoms with E-state index in [1.807, 2.05) is 6.92 Å². The van der Waals surface area contributed by atoms with Crippen LogP contribution >= 0.6 is 34.5 Å². The lowest BCUT2D eigenvalue weighted by atomic mass is 9.96. The fraction of sp³-hybridized carbons (Fsp3) is 0.462. The van der Waals surface area contributed by atoms with Crippen molar-refractivity contribution in [2.24, 2.45) is 0 Å². The number of rotatable bonds is 2. The zero-order valence-corrected chi connectivity index (χ0v) is 13.6. The molecule has 1 aliphatic heterocycles. The Balaban J connectivity index is 2.09. The maximum Gasteiger partial charge on any atom is 0.270 e. The molecule has 8 heteroatoms. The fourth-order valence-electron chi connectivity index (χ4n) is 2.41. The largest absolute Gasteiger partial charge is 0.381 e. The summed E-state index contributed by atoms with van der Waals surface area (Å²) >= 11 is 13.4. The van der Waals surface area contributed by atoms with E-state index in [9.17, 15) is 4.79 Å². The molecule has 0 saturated carbocycles. The third-order valence-corrected chi connectivity index (χ3v) is 5.12. The van der Waals surface area contributed by atoms with Crippen molar-refractivity contribution in [1.82, 2.24) is 15.0 Å². The van der Waals surface area contributed by atoms with Gasteiger partial charge in [-0.2, -0.15) is 0 Å². The van der Waals surface area contributed by atoms with Crippen molar-refractivity contribution in [3.05, 3.63) is 31.2 Å². The second-order valence-corrected chi connectivity index (χ2v) is 6.84. The number of hydrogen-bond acceptors (Lipinski definition) is 5. The summed E-state index contributed by atoms with van der Waals surface area (Å²) in [6.45, 7) is 3.16. The number of nitrogens with one attached hydrogen (secondary N) is 1. The molecule has 0 unspecified atom stereocenters. The monoisotopic (exact) mass is 345 g/mol. The lowest BCUT2D eigenvalue weighted by Crippen LogP contribution is -2.20. The van der Waals surface area contributed by atoms with Gasteiger partial charge in [-0.05, 0) is 19.8 Å². The van der Waals surface area contributed by atoms with Crippen LogP contribution in [0.3, 0.4) is 0 Å². The average molecular weight is 346 g/mol. The van der Waals surface area contributed by atoms with Crippen molar-refractivity contribution in [3.63, 3.8) is 0 Å². The SMILES string of the molecule is Cc1nc(Cl)sc1-c1nc(C2CCOCC2)c(Cl)c(=O)[nH]1. The topological polar surface area (TPSA) is 67.9 Å². The van der Waals surface area contributed by atoms with Crippen molar-refractivity contribution in [1.29, 1.82) is 0 Å². The summed E-state index contributed by atoms with van der Waals surface area (Å²) in [4.78, 5) is 24.3. The number of H-pyrrole nitrogens is 1. The smallest absolute Gasteiger partial charge is 0.270 e. The molecule has 0 radical (unpaired) electrons. The first-order valence-corrected chi connectivity index (χ1v) is 8.14. The van der Waals surface area contributed by atoms with Crippen LogP contribution in [0.5, 0.6) is 0 Å². The van der Waals surface area contributed by atoms with Crippen molar-refractivity contribution >= 4 is 34.5 Å². The summed E-state index contributed by atoms with van der Waals surface area (Å²) in [6.07, 6.45) is 1.64. The Morgan fingerprint density at radius 3 is 2.62 bits per heavy atom. The van der Waals surface area contributed by atoms with Crippen molar-refractivity contribution in [2.75, 3.05) is 13.2 Å². The van der Waals surface area contributed by atoms with Crippen LogP contribution in [0, 0.1) is 6.92 Å². The third kappa shape index (κ3) is 2.99. The lowest BCUT2D eigenvalue weighted by Gasteiger charge is -2.22. The van der Waals surface area contributed by atoms with E-state index >= 15 is 0 Å². The van der Waals surface area contributed by atoms with E-state index in [0.29, 0.717) is 29.2 Å². The Kier molecular flexibility index (Phi) is 4.31.